The van der Waals surface area contributed by atoms with Crippen LogP contribution in [0.1, 0.15) is 24.8 Å². The Kier molecular flexibility index (Phi) is 9.33. The molecule has 1 aliphatic rings. The topological polar surface area (TPSA) is 75.4 Å². The number of hydrogen-bond donors (Lipinski definition) is 2. The van der Waals surface area contributed by atoms with Gasteiger partial charge in [0.15, 0.2) is 0 Å². The van der Waals surface area contributed by atoms with E-state index in [1.54, 1.807) is 0 Å². The summed E-state index contributed by atoms with van der Waals surface area (Å²) in [7, 11) is 0. The highest BCUT2D eigenvalue weighted by molar-refractivity contribution is 9.10. The summed E-state index contributed by atoms with van der Waals surface area (Å²) in [5.41, 5.74) is 6.55. The van der Waals surface area contributed by atoms with Gasteiger partial charge in [0.2, 0.25) is 11.8 Å². The van der Waals surface area contributed by atoms with Crippen molar-refractivity contribution in [3.63, 3.8) is 0 Å². The monoisotopic (exact) mass is 417 g/mol. The molecule has 1 unspecified atom stereocenters. The zero-order valence-electron chi connectivity index (χ0n) is 13.7. The lowest BCUT2D eigenvalue weighted by Crippen LogP contribution is -2.46. The molecule has 134 valence electrons. The maximum atomic E-state index is 12.4. The largest absolute Gasteiger partial charge is 0.355 e. The van der Waals surface area contributed by atoms with Crippen LogP contribution in [-0.4, -0.2) is 42.9 Å². The summed E-state index contributed by atoms with van der Waals surface area (Å²) < 4.78 is 1.03. The Balaban J connectivity index is 0.00000288. The zero-order chi connectivity index (χ0) is 16.7. The van der Waals surface area contributed by atoms with Gasteiger partial charge < -0.3 is 16.0 Å². The summed E-state index contributed by atoms with van der Waals surface area (Å²) in [6, 6.07) is 8.01. The van der Waals surface area contributed by atoms with Crippen LogP contribution in [0, 0.1) is 5.92 Å². The third kappa shape index (κ3) is 6.42. The molecule has 1 aromatic rings. The number of halogens is 2. The highest BCUT2D eigenvalue weighted by atomic mass is 79.9. The Morgan fingerprint density at radius 1 is 1.38 bits per heavy atom. The first-order valence-corrected chi connectivity index (χ1v) is 8.89. The molecule has 1 saturated heterocycles. The van der Waals surface area contributed by atoms with E-state index in [4.69, 9.17) is 5.73 Å². The first-order chi connectivity index (χ1) is 11.1. The Bertz CT molecular complexity index is 556. The van der Waals surface area contributed by atoms with Gasteiger partial charge in [0.25, 0.3) is 0 Å². The Morgan fingerprint density at radius 3 is 2.88 bits per heavy atom. The standard InChI is InChI=1S/C17H24BrN3O2.ClH/c18-15-5-1-3-13(11-15)6-7-16(22)21-10-2-4-14(12-21)17(23)20-9-8-19;/h1,3,5,11,14H,2,4,6-10,12,19H2,(H,20,23);1H. The number of benzene rings is 1. The molecular weight excluding hydrogens is 394 g/mol. The number of nitrogens with one attached hydrogen (secondary N) is 1. The van der Waals surface area contributed by atoms with E-state index in [1.165, 1.54) is 0 Å². The molecule has 5 nitrogen and oxygen atoms in total. The van der Waals surface area contributed by atoms with Crippen LogP contribution in [-0.2, 0) is 16.0 Å². The maximum absolute atomic E-state index is 12.4. The number of nitrogens with zero attached hydrogens (tertiary/aromatic N) is 1. The zero-order valence-corrected chi connectivity index (χ0v) is 16.1. The minimum atomic E-state index is -0.106. The average molecular weight is 419 g/mol. The molecule has 0 aromatic heterocycles. The van der Waals surface area contributed by atoms with Crippen molar-refractivity contribution in [1.29, 1.82) is 0 Å². The molecule has 0 aliphatic carbocycles. The van der Waals surface area contributed by atoms with Crippen molar-refractivity contribution in [3.05, 3.63) is 34.3 Å². The number of carbonyl (C=O) groups excluding carboxylic acids is 2. The van der Waals surface area contributed by atoms with Crippen LogP contribution in [0.15, 0.2) is 28.7 Å². The normalized spacial score (nSPS) is 17.1. The van der Waals surface area contributed by atoms with Crippen LogP contribution in [0.5, 0.6) is 0 Å². The average Bonchev–Trinajstić information content (AvgIpc) is 2.57. The van der Waals surface area contributed by atoms with Crippen molar-refractivity contribution in [1.82, 2.24) is 10.2 Å². The third-order valence-corrected chi connectivity index (χ3v) is 4.60. The van der Waals surface area contributed by atoms with Gasteiger partial charge in [0.1, 0.15) is 0 Å². The number of nitrogens with two attached hydrogens (primary N) is 1. The van der Waals surface area contributed by atoms with Gasteiger partial charge in [-0.15, -0.1) is 12.4 Å². The third-order valence-electron chi connectivity index (χ3n) is 4.11. The van der Waals surface area contributed by atoms with E-state index in [2.05, 4.69) is 21.2 Å². The van der Waals surface area contributed by atoms with Crippen LogP contribution >= 0.6 is 28.3 Å². The van der Waals surface area contributed by atoms with E-state index in [1.807, 2.05) is 29.2 Å². The Hall–Kier alpha value is -1.11. The van der Waals surface area contributed by atoms with E-state index in [0.717, 1.165) is 35.8 Å². The van der Waals surface area contributed by atoms with Gasteiger partial charge in [0.05, 0.1) is 5.92 Å². The number of amides is 2. The molecule has 0 radical (unpaired) electrons. The molecule has 0 bridgehead atoms. The number of rotatable bonds is 6. The number of hydrogen-bond acceptors (Lipinski definition) is 3. The lowest BCUT2D eigenvalue weighted by Gasteiger charge is -2.32. The first kappa shape index (κ1) is 20.9. The second kappa shape index (κ2) is 10.7. The summed E-state index contributed by atoms with van der Waals surface area (Å²) in [5, 5.41) is 2.82. The smallest absolute Gasteiger partial charge is 0.224 e. The summed E-state index contributed by atoms with van der Waals surface area (Å²) in [6.45, 7) is 2.20. The molecule has 1 aromatic carbocycles. The summed E-state index contributed by atoms with van der Waals surface area (Å²) >= 11 is 3.44. The summed E-state index contributed by atoms with van der Waals surface area (Å²) in [5.74, 6) is 0.0337. The second-order valence-electron chi connectivity index (χ2n) is 5.89. The van der Waals surface area contributed by atoms with Gasteiger partial charge in [-0.2, -0.15) is 0 Å². The predicted octanol–water partition coefficient (Wildman–Crippen LogP) is 2.12. The number of piperidine rings is 1. The molecule has 2 rings (SSSR count). The summed E-state index contributed by atoms with van der Waals surface area (Å²) in [6.07, 6.45) is 2.92. The molecule has 0 spiro atoms. The SMILES string of the molecule is Cl.NCCNC(=O)C1CCCN(C(=O)CCc2cccc(Br)c2)C1. The highest BCUT2D eigenvalue weighted by Gasteiger charge is 2.27. The van der Waals surface area contributed by atoms with Crippen LogP contribution < -0.4 is 11.1 Å². The number of carbonyl (C=O) groups is 2. The second-order valence-corrected chi connectivity index (χ2v) is 6.80. The van der Waals surface area contributed by atoms with E-state index >= 15 is 0 Å². The van der Waals surface area contributed by atoms with Crippen molar-refractivity contribution in [2.75, 3.05) is 26.2 Å². The van der Waals surface area contributed by atoms with E-state index in [-0.39, 0.29) is 30.1 Å². The number of aryl methyl sites for hydroxylation is 1. The molecular formula is C17H25BrClN3O2. The quantitative estimate of drug-likeness (QED) is 0.743. The fourth-order valence-electron chi connectivity index (χ4n) is 2.86. The first-order valence-electron chi connectivity index (χ1n) is 8.10. The molecule has 1 aliphatic heterocycles. The van der Waals surface area contributed by atoms with Gasteiger partial charge in [-0.25, -0.2) is 0 Å². The lowest BCUT2D eigenvalue weighted by atomic mass is 9.96. The molecule has 1 heterocycles. The fourth-order valence-corrected chi connectivity index (χ4v) is 3.31. The minimum absolute atomic E-state index is 0. The Labute approximate surface area is 157 Å². The van der Waals surface area contributed by atoms with Crippen molar-refractivity contribution in [2.24, 2.45) is 11.7 Å². The van der Waals surface area contributed by atoms with Crippen LogP contribution in [0.25, 0.3) is 0 Å². The van der Waals surface area contributed by atoms with Crippen molar-refractivity contribution in [2.45, 2.75) is 25.7 Å². The summed E-state index contributed by atoms with van der Waals surface area (Å²) in [4.78, 5) is 26.3. The van der Waals surface area contributed by atoms with Gasteiger partial charge in [-0.1, -0.05) is 28.1 Å². The molecule has 7 heteroatoms. The fraction of sp³-hybridized carbons (Fsp3) is 0.529. The Morgan fingerprint density at radius 2 is 2.17 bits per heavy atom. The molecule has 3 N–H and O–H groups in total. The molecule has 0 saturated carbocycles. The minimum Gasteiger partial charge on any atom is -0.355 e. The molecule has 1 atom stereocenters. The van der Waals surface area contributed by atoms with Crippen LogP contribution in [0.2, 0.25) is 0 Å². The van der Waals surface area contributed by atoms with Crippen molar-refractivity contribution >= 4 is 40.2 Å². The van der Waals surface area contributed by atoms with Crippen LogP contribution in [0.3, 0.4) is 0 Å². The number of likely N-dealkylation sites (tertiary alicyclic amines) is 1. The molecule has 2 amide bonds. The van der Waals surface area contributed by atoms with Crippen LogP contribution in [0.4, 0.5) is 0 Å². The lowest BCUT2D eigenvalue weighted by molar-refractivity contribution is -0.135. The van der Waals surface area contributed by atoms with Gasteiger partial charge >= 0.3 is 0 Å². The van der Waals surface area contributed by atoms with Crippen molar-refractivity contribution in [3.8, 4) is 0 Å². The van der Waals surface area contributed by atoms with Gasteiger partial charge in [-0.3, -0.25) is 9.59 Å². The highest BCUT2D eigenvalue weighted by Crippen LogP contribution is 2.19. The maximum Gasteiger partial charge on any atom is 0.224 e. The predicted molar refractivity (Wildman–Crippen MR) is 101 cm³/mol. The molecule has 24 heavy (non-hydrogen) atoms. The van der Waals surface area contributed by atoms with Crippen molar-refractivity contribution < 1.29 is 9.59 Å². The van der Waals surface area contributed by atoms with Gasteiger partial charge in [0, 0.05) is 37.1 Å². The van der Waals surface area contributed by atoms with E-state index < -0.39 is 0 Å². The molecule has 1 fully saturated rings. The van der Waals surface area contributed by atoms with E-state index in [9.17, 15) is 9.59 Å². The van der Waals surface area contributed by atoms with Gasteiger partial charge in [-0.05, 0) is 37.0 Å². The van der Waals surface area contributed by atoms with E-state index in [0.29, 0.717) is 26.1 Å².